The predicted octanol–water partition coefficient (Wildman–Crippen LogP) is 3.33. The summed E-state index contributed by atoms with van der Waals surface area (Å²) in [5, 5.41) is 10.1. The van der Waals surface area contributed by atoms with Crippen molar-refractivity contribution in [3.63, 3.8) is 0 Å². The monoisotopic (exact) mass is 309 g/mol. The van der Waals surface area contributed by atoms with Gasteiger partial charge in [0.2, 0.25) is 0 Å². The molecule has 116 valence electrons. The first-order valence-electron chi connectivity index (χ1n) is 6.72. The number of hydrogen-bond donors (Lipinski definition) is 3. The number of alkyl halides is 3. The van der Waals surface area contributed by atoms with E-state index in [0.717, 1.165) is 17.7 Å². The van der Waals surface area contributed by atoms with E-state index in [9.17, 15) is 18.3 Å². The van der Waals surface area contributed by atoms with Crippen molar-refractivity contribution in [3.8, 4) is 5.75 Å². The maximum Gasteiger partial charge on any atom is 0.416 e. The van der Waals surface area contributed by atoms with E-state index in [1.807, 2.05) is 6.07 Å². The number of hydrazine groups is 1. The molecule has 3 rings (SSSR count). The number of anilines is 1. The van der Waals surface area contributed by atoms with Gasteiger partial charge in [0.05, 0.1) is 11.6 Å². The lowest BCUT2D eigenvalue weighted by molar-refractivity contribution is -0.137. The van der Waals surface area contributed by atoms with Gasteiger partial charge in [-0.1, -0.05) is 6.07 Å². The molecule has 1 atom stereocenters. The van der Waals surface area contributed by atoms with Gasteiger partial charge in [-0.15, -0.1) is 0 Å². The molecule has 2 aromatic rings. The molecule has 0 saturated heterocycles. The summed E-state index contributed by atoms with van der Waals surface area (Å²) < 4.78 is 38.3. The molecule has 0 saturated carbocycles. The molecule has 1 unspecified atom stereocenters. The lowest BCUT2D eigenvalue weighted by atomic mass is 9.92. The van der Waals surface area contributed by atoms with Crippen molar-refractivity contribution in [2.24, 2.45) is 0 Å². The topological polar surface area (TPSA) is 57.2 Å². The first kappa shape index (κ1) is 14.6. The van der Waals surface area contributed by atoms with E-state index in [0.29, 0.717) is 23.4 Å². The number of aromatic nitrogens is 1. The van der Waals surface area contributed by atoms with E-state index in [1.54, 1.807) is 19.2 Å². The maximum atomic E-state index is 12.8. The second kappa shape index (κ2) is 5.17. The van der Waals surface area contributed by atoms with Crippen molar-refractivity contribution in [2.75, 3.05) is 5.43 Å². The average Bonchev–Trinajstić information content (AvgIpc) is 2.45. The molecular weight excluding hydrogens is 295 g/mol. The molecule has 1 aromatic heterocycles. The molecule has 1 aliphatic rings. The van der Waals surface area contributed by atoms with Gasteiger partial charge in [0.15, 0.2) is 0 Å². The van der Waals surface area contributed by atoms with Crippen molar-refractivity contribution in [3.05, 3.63) is 52.7 Å². The van der Waals surface area contributed by atoms with Crippen molar-refractivity contribution in [2.45, 2.75) is 25.6 Å². The third-order valence-electron chi connectivity index (χ3n) is 3.72. The number of phenols is 1. The number of nitrogens with one attached hydrogen (secondary N) is 2. The van der Waals surface area contributed by atoms with Crippen LogP contribution in [-0.4, -0.2) is 10.1 Å². The van der Waals surface area contributed by atoms with Crippen molar-refractivity contribution in [1.29, 1.82) is 0 Å². The molecule has 0 spiro atoms. The zero-order chi connectivity index (χ0) is 15.9. The van der Waals surface area contributed by atoms with E-state index >= 15 is 0 Å². The largest absolute Gasteiger partial charge is 0.508 e. The van der Waals surface area contributed by atoms with Crippen LogP contribution in [0, 0.1) is 6.92 Å². The Labute approximate surface area is 125 Å². The predicted molar refractivity (Wildman–Crippen MR) is 75.3 cm³/mol. The highest BCUT2D eigenvalue weighted by Crippen LogP contribution is 2.38. The smallest absolute Gasteiger partial charge is 0.416 e. The van der Waals surface area contributed by atoms with Crippen molar-refractivity contribution >= 4 is 5.82 Å². The summed E-state index contributed by atoms with van der Waals surface area (Å²) in [5.74, 6) is 0.321. The molecule has 7 heteroatoms. The molecular formula is C15H14F3N3O. The van der Waals surface area contributed by atoms with Crippen molar-refractivity contribution < 1.29 is 18.3 Å². The Balaban J connectivity index is 1.97. The number of benzene rings is 1. The molecule has 2 heterocycles. The maximum absolute atomic E-state index is 12.8. The zero-order valence-electron chi connectivity index (χ0n) is 11.7. The van der Waals surface area contributed by atoms with Gasteiger partial charge in [0.1, 0.15) is 11.6 Å². The standard InChI is InChI=1S/C15H14F3N3O/c1-8-5-10(15(16,17)18)7-12(22)13(8)11-6-9-3-2-4-19-14(9)21-20-11/h2-5,7,11,20,22H,6H2,1H3,(H,19,21). The van der Waals surface area contributed by atoms with Crippen LogP contribution in [0.4, 0.5) is 19.0 Å². The molecule has 22 heavy (non-hydrogen) atoms. The van der Waals surface area contributed by atoms with Crippen LogP contribution in [0.1, 0.15) is 28.3 Å². The van der Waals surface area contributed by atoms with Gasteiger partial charge in [-0.3, -0.25) is 0 Å². The molecule has 1 aromatic carbocycles. The van der Waals surface area contributed by atoms with Gasteiger partial charge < -0.3 is 10.5 Å². The Hall–Kier alpha value is -2.28. The Kier molecular flexibility index (Phi) is 3.44. The minimum Gasteiger partial charge on any atom is -0.508 e. The minimum atomic E-state index is -4.48. The molecule has 0 radical (unpaired) electrons. The normalized spacial score (nSPS) is 17.7. The van der Waals surface area contributed by atoms with Gasteiger partial charge in [-0.2, -0.15) is 13.2 Å². The van der Waals surface area contributed by atoms with Crippen LogP contribution in [0.3, 0.4) is 0 Å². The molecule has 0 amide bonds. The van der Waals surface area contributed by atoms with Crippen LogP contribution in [0.25, 0.3) is 0 Å². The van der Waals surface area contributed by atoms with Gasteiger partial charge >= 0.3 is 6.18 Å². The van der Waals surface area contributed by atoms with E-state index in [-0.39, 0.29) is 11.8 Å². The van der Waals surface area contributed by atoms with E-state index in [4.69, 9.17) is 0 Å². The molecule has 0 bridgehead atoms. The summed E-state index contributed by atoms with van der Waals surface area (Å²) in [6.07, 6.45) is -2.31. The Morgan fingerprint density at radius 1 is 1.32 bits per heavy atom. The Bertz CT molecular complexity index is 692. The number of aryl methyl sites for hydroxylation is 1. The highest BCUT2D eigenvalue weighted by Gasteiger charge is 2.33. The number of fused-ring (bicyclic) bond motifs is 1. The van der Waals surface area contributed by atoms with Gasteiger partial charge in [0.25, 0.3) is 0 Å². The van der Waals surface area contributed by atoms with Gasteiger partial charge in [-0.05, 0) is 42.7 Å². The molecule has 4 nitrogen and oxygen atoms in total. The van der Waals surface area contributed by atoms with Crippen LogP contribution >= 0.6 is 0 Å². The number of rotatable bonds is 1. The summed E-state index contributed by atoms with van der Waals surface area (Å²) in [6.45, 7) is 1.56. The quantitative estimate of drug-likeness (QED) is 0.756. The summed E-state index contributed by atoms with van der Waals surface area (Å²) in [7, 11) is 0. The van der Waals surface area contributed by atoms with Gasteiger partial charge in [-0.25, -0.2) is 10.4 Å². The second-order valence-corrected chi connectivity index (χ2v) is 5.26. The number of pyridine rings is 1. The summed E-state index contributed by atoms with van der Waals surface area (Å²) in [6, 6.07) is 5.17. The lowest BCUT2D eigenvalue weighted by Crippen LogP contribution is -2.34. The summed E-state index contributed by atoms with van der Waals surface area (Å²) in [4.78, 5) is 4.15. The van der Waals surface area contributed by atoms with Gasteiger partial charge in [0, 0.05) is 11.8 Å². The SMILES string of the molecule is Cc1cc(C(F)(F)F)cc(O)c1C1Cc2cccnc2NN1. The average molecular weight is 309 g/mol. The second-order valence-electron chi connectivity index (χ2n) is 5.26. The van der Waals surface area contributed by atoms with Crippen molar-refractivity contribution in [1.82, 2.24) is 10.4 Å². The van der Waals surface area contributed by atoms with E-state index in [2.05, 4.69) is 15.8 Å². The van der Waals surface area contributed by atoms with Crippen LogP contribution < -0.4 is 10.9 Å². The lowest BCUT2D eigenvalue weighted by Gasteiger charge is -2.28. The first-order chi connectivity index (χ1) is 10.4. The van der Waals surface area contributed by atoms with E-state index in [1.165, 1.54) is 0 Å². The third kappa shape index (κ3) is 2.59. The van der Waals surface area contributed by atoms with Crippen LogP contribution in [0.5, 0.6) is 5.75 Å². The molecule has 1 aliphatic heterocycles. The fourth-order valence-corrected chi connectivity index (χ4v) is 2.71. The molecule has 0 fully saturated rings. The highest BCUT2D eigenvalue weighted by molar-refractivity contribution is 5.51. The van der Waals surface area contributed by atoms with E-state index < -0.39 is 11.7 Å². The Morgan fingerprint density at radius 2 is 2.09 bits per heavy atom. The number of aromatic hydroxyl groups is 1. The van der Waals surface area contributed by atoms with Crippen LogP contribution in [0.2, 0.25) is 0 Å². The summed E-state index contributed by atoms with van der Waals surface area (Å²) in [5.41, 5.74) is 6.82. The fraction of sp³-hybridized carbons (Fsp3) is 0.267. The molecule has 0 aliphatic carbocycles. The Morgan fingerprint density at radius 3 is 2.77 bits per heavy atom. The third-order valence-corrected chi connectivity index (χ3v) is 3.72. The number of nitrogens with zero attached hydrogens (tertiary/aromatic N) is 1. The zero-order valence-corrected chi connectivity index (χ0v) is 11.7. The number of hydrogen-bond acceptors (Lipinski definition) is 4. The number of phenolic OH excluding ortho intramolecular Hbond substituents is 1. The van der Waals surface area contributed by atoms with Crippen LogP contribution in [0.15, 0.2) is 30.5 Å². The minimum absolute atomic E-state index is 0.334. The fourth-order valence-electron chi connectivity index (χ4n) is 2.71. The highest BCUT2D eigenvalue weighted by atomic mass is 19.4. The van der Waals surface area contributed by atoms with Crippen LogP contribution in [-0.2, 0) is 12.6 Å². The molecule has 3 N–H and O–H groups in total. The summed E-state index contributed by atoms with van der Waals surface area (Å²) >= 11 is 0. The number of halogens is 3. The first-order valence-corrected chi connectivity index (χ1v) is 6.72.